The van der Waals surface area contributed by atoms with Gasteiger partial charge in [-0.2, -0.15) is 5.26 Å². The highest BCUT2D eigenvalue weighted by Crippen LogP contribution is 2.50. The number of hydrogen-bond acceptors (Lipinski definition) is 3. The third-order valence-electron chi connectivity index (χ3n) is 3.46. The highest BCUT2D eigenvalue weighted by Gasteiger charge is 2.43. The van der Waals surface area contributed by atoms with Gasteiger partial charge in [0, 0.05) is 30.5 Å². The Morgan fingerprint density at radius 1 is 1.53 bits per heavy atom. The first kappa shape index (κ1) is 8.90. The summed E-state index contributed by atoms with van der Waals surface area (Å²) in [4.78, 5) is 0. The average Bonchev–Trinajstić information content (AvgIpc) is 3.11. The Balaban J connectivity index is 1.69. The molecule has 0 bridgehead atoms. The van der Waals surface area contributed by atoms with Gasteiger partial charge in [0.2, 0.25) is 0 Å². The van der Waals surface area contributed by atoms with Crippen LogP contribution in [0.15, 0.2) is 6.20 Å². The van der Waals surface area contributed by atoms with E-state index >= 15 is 0 Å². The Kier molecular flexibility index (Phi) is 1.82. The van der Waals surface area contributed by atoms with Crippen molar-refractivity contribution in [3.8, 4) is 6.07 Å². The summed E-state index contributed by atoms with van der Waals surface area (Å²) in [5.41, 5.74) is 1.37. The lowest BCUT2D eigenvalue weighted by atomic mass is 10.0. The molecule has 1 aromatic heterocycles. The van der Waals surface area contributed by atoms with Crippen molar-refractivity contribution in [1.29, 1.82) is 5.26 Å². The number of rotatable bonds is 4. The van der Waals surface area contributed by atoms with Crippen molar-refractivity contribution in [3.05, 3.63) is 11.9 Å². The zero-order chi connectivity index (χ0) is 10.3. The molecule has 4 nitrogen and oxygen atoms in total. The van der Waals surface area contributed by atoms with Gasteiger partial charge in [-0.1, -0.05) is 5.21 Å². The molecule has 1 aromatic rings. The van der Waals surface area contributed by atoms with Crippen molar-refractivity contribution in [2.75, 3.05) is 0 Å². The van der Waals surface area contributed by atoms with Crippen LogP contribution < -0.4 is 0 Å². The second kappa shape index (κ2) is 3.06. The molecule has 1 heterocycles. The van der Waals surface area contributed by atoms with Crippen molar-refractivity contribution in [3.63, 3.8) is 0 Å². The molecule has 0 unspecified atom stereocenters. The van der Waals surface area contributed by atoms with Crippen molar-refractivity contribution in [2.24, 2.45) is 5.41 Å². The van der Waals surface area contributed by atoms with Gasteiger partial charge in [0.1, 0.15) is 0 Å². The van der Waals surface area contributed by atoms with Gasteiger partial charge in [0.15, 0.2) is 0 Å². The third-order valence-corrected chi connectivity index (χ3v) is 3.46. The zero-order valence-corrected chi connectivity index (χ0v) is 8.69. The minimum absolute atomic E-state index is 0.225. The number of nitriles is 1. The van der Waals surface area contributed by atoms with Crippen LogP contribution in [-0.2, 0) is 6.54 Å². The Bertz CT molecular complexity index is 406. The normalized spacial score (nSPS) is 22.3. The Morgan fingerprint density at radius 2 is 2.33 bits per heavy atom. The van der Waals surface area contributed by atoms with Crippen molar-refractivity contribution in [1.82, 2.24) is 15.0 Å². The molecule has 2 saturated carbocycles. The standard InChI is InChI=1S/C11H14N4/c12-6-5-11(3-4-11)8-15-7-10(13-14-15)9-1-2-9/h7,9H,1-5,8H2. The summed E-state index contributed by atoms with van der Waals surface area (Å²) in [6, 6.07) is 2.27. The summed E-state index contributed by atoms with van der Waals surface area (Å²) in [5.74, 6) is 0.671. The van der Waals surface area contributed by atoms with Gasteiger partial charge >= 0.3 is 0 Å². The summed E-state index contributed by atoms with van der Waals surface area (Å²) in [5, 5.41) is 17.1. The summed E-state index contributed by atoms with van der Waals surface area (Å²) in [7, 11) is 0. The largest absolute Gasteiger partial charge is 0.252 e. The molecular weight excluding hydrogens is 188 g/mol. The van der Waals surface area contributed by atoms with Gasteiger partial charge in [-0.05, 0) is 25.7 Å². The smallest absolute Gasteiger partial charge is 0.0857 e. The van der Waals surface area contributed by atoms with E-state index < -0.39 is 0 Å². The highest BCUT2D eigenvalue weighted by atomic mass is 15.4. The first-order chi connectivity index (χ1) is 7.31. The molecule has 0 aromatic carbocycles. The van der Waals surface area contributed by atoms with E-state index in [1.165, 1.54) is 25.7 Å². The third kappa shape index (κ3) is 1.74. The fourth-order valence-electron chi connectivity index (χ4n) is 2.04. The maximum atomic E-state index is 8.73. The number of hydrogen-bond donors (Lipinski definition) is 0. The average molecular weight is 202 g/mol. The van der Waals surface area contributed by atoms with E-state index in [1.54, 1.807) is 0 Å². The molecule has 2 aliphatic carbocycles. The number of aromatic nitrogens is 3. The summed E-state index contributed by atoms with van der Waals surface area (Å²) in [6.07, 6.45) is 7.59. The van der Waals surface area contributed by atoms with E-state index in [2.05, 4.69) is 22.6 Å². The molecule has 0 radical (unpaired) electrons. The Hall–Kier alpha value is -1.37. The fraction of sp³-hybridized carbons (Fsp3) is 0.727. The lowest BCUT2D eigenvalue weighted by Crippen LogP contribution is -2.11. The molecule has 2 aliphatic rings. The Morgan fingerprint density at radius 3 is 2.93 bits per heavy atom. The van der Waals surface area contributed by atoms with Crippen LogP contribution in [0.25, 0.3) is 0 Å². The first-order valence-electron chi connectivity index (χ1n) is 5.58. The first-order valence-corrected chi connectivity index (χ1v) is 5.58. The van der Waals surface area contributed by atoms with E-state index in [4.69, 9.17) is 5.26 Å². The van der Waals surface area contributed by atoms with Crippen LogP contribution in [0.1, 0.15) is 43.7 Å². The van der Waals surface area contributed by atoms with Crippen molar-refractivity contribution < 1.29 is 0 Å². The molecule has 0 amide bonds. The van der Waals surface area contributed by atoms with Crippen LogP contribution in [-0.4, -0.2) is 15.0 Å². The van der Waals surface area contributed by atoms with Gasteiger partial charge in [-0.3, -0.25) is 4.68 Å². The van der Waals surface area contributed by atoms with Crippen LogP contribution in [0.3, 0.4) is 0 Å². The van der Waals surface area contributed by atoms with Crippen LogP contribution >= 0.6 is 0 Å². The van der Waals surface area contributed by atoms with Crippen LogP contribution in [0.5, 0.6) is 0 Å². The number of nitrogens with zero attached hydrogens (tertiary/aromatic N) is 4. The highest BCUT2D eigenvalue weighted by molar-refractivity contribution is 5.09. The van der Waals surface area contributed by atoms with E-state index in [0.29, 0.717) is 12.3 Å². The molecule has 2 fully saturated rings. The SMILES string of the molecule is N#CCC1(Cn2cc(C3CC3)nn2)CC1. The molecule has 15 heavy (non-hydrogen) atoms. The zero-order valence-electron chi connectivity index (χ0n) is 8.69. The quantitative estimate of drug-likeness (QED) is 0.748. The van der Waals surface area contributed by atoms with E-state index in [-0.39, 0.29) is 5.41 Å². The maximum Gasteiger partial charge on any atom is 0.0857 e. The topological polar surface area (TPSA) is 54.5 Å². The van der Waals surface area contributed by atoms with Gasteiger partial charge in [-0.15, -0.1) is 5.10 Å². The summed E-state index contributed by atoms with van der Waals surface area (Å²) in [6.45, 7) is 0.875. The summed E-state index contributed by atoms with van der Waals surface area (Å²) < 4.78 is 1.93. The predicted molar refractivity (Wildman–Crippen MR) is 53.9 cm³/mol. The molecule has 0 N–H and O–H groups in total. The van der Waals surface area contributed by atoms with E-state index in [1.807, 2.05) is 4.68 Å². The van der Waals surface area contributed by atoms with E-state index in [0.717, 1.165) is 12.2 Å². The van der Waals surface area contributed by atoms with Crippen LogP contribution in [0.4, 0.5) is 0 Å². The van der Waals surface area contributed by atoms with Crippen molar-refractivity contribution >= 4 is 0 Å². The van der Waals surface area contributed by atoms with Gasteiger partial charge in [-0.25, -0.2) is 0 Å². The molecule has 3 rings (SSSR count). The molecule has 4 heteroatoms. The monoisotopic (exact) mass is 202 g/mol. The van der Waals surface area contributed by atoms with Gasteiger partial charge < -0.3 is 0 Å². The van der Waals surface area contributed by atoms with Gasteiger partial charge in [0.25, 0.3) is 0 Å². The Labute approximate surface area is 88.9 Å². The van der Waals surface area contributed by atoms with Gasteiger partial charge in [0.05, 0.1) is 11.8 Å². The minimum atomic E-state index is 0.225. The lowest BCUT2D eigenvalue weighted by molar-refractivity contribution is 0.398. The second-order valence-corrected chi connectivity index (χ2v) is 4.95. The van der Waals surface area contributed by atoms with Crippen LogP contribution in [0.2, 0.25) is 0 Å². The minimum Gasteiger partial charge on any atom is -0.252 e. The molecule has 0 atom stereocenters. The summed E-state index contributed by atoms with van der Waals surface area (Å²) >= 11 is 0. The fourth-order valence-corrected chi connectivity index (χ4v) is 2.04. The molecule has 78 valence electrons. The molecular formula is C11H14N4. The predicted octanol–water partition coefficient (Wildman–Crippen LogP) is 1.85. The molecule has 0 aliphatic heterocycles. The van der Waals surface area contributed by atoms with Crippen molar-refractivity contribution in [2.45, 2.75) is 44.6 Å². The molecule has 0 saturated heterocycles. The second-order valence-electron chi connectivity index (χ2n) is 4.95. The lowest BCUT2D eigenvalue weighted by Gasteiger charge is -2.09. The van der Waals surface area contributed by atoms with Crippen LogP contribution in [0, 0.1) is 16.7 Å². The maximum absolute atomic E-state index is 8.73. The molecule has 0 spiro atoms. The van der Waals surface area contributed by atoms with E-state index in [9.17, 15) is 0 Å².